The number of aromatic nitrogens is 2. The second kappa shape index (κ2) is 5.50. The largest absolute Gasteiger partial charge is 0.330 e. The summed E-state index contributed by atoms with van der Waals surface area (Å²) in [5.74, 6) is -0.279. The molecule has 1 N–H and O–H groups in total. The van der Waals surface area contributed by atoms with E-state index in [0.29, 0.717) is 9.24 Å². The molecule has 2 rings (SSSR count). The summed E-state index contributed by atoms with van der Waals surface area (Å²) in [4.78, 5) is 5.17. The lowest BCUT2D eigenvalue weighted by Gasteiger charge is -2.10. The molecule has 0 amide bonds. The number of rotatable bonds is 4. The monoisotopic (exact) mass is 331 g/mol. The zero-order chi connectivity index (χ0) is 13.3. The molecule has 0 atom stereocenters. The SMILES string of the molecule is CN(C)CCCn1c(=S)[nH]c2cc(F)c(Br)cc21. The molecule has 6 heteroatoms. The first-order valence-electron chi connectivity index (χ1n) is 5.71. The molecule has 0 saturated carbocycles. The van der Waals surface area contributed by atoms with Gasteiger partial charge in [0.05, 0.1) is 15.5 Å². The van der Waals surface area contributed by atoms with Gasteiger partial charge in [0.1, 0.15) is 5.82 Å². The Hall–Kier alpha value is -0.720. The maximum Gasteiger partial charge on any atom is 0.178 e. The standard InChI is InChI=1S/C12H15BrFN3S/c1-16(2)4-3-5-17-11-6-8(13)9(14)7-10(11)15-12(17)18/h6-7H,3-5H2,1-2H3,(H,15,18). The van der Waals surface area contributed by atoms with Gasteiger partial charge in [0.2, 0.25) is 0 Å². The van der Waals surface area contributed by atoms with Crippen LogP contribution in [0, 0.1) is 10.6 Å². The highest BCUT2D eigenvalue weighted by atomic mass is 79.9. The number of imidazole rings is 1. The van der Waals surface area contributed by atoms with Gasteiger partial charge in [-0.05, 0) is 61.3 Å². The molecule has 0 aliphatic carbocycles. The molecule has 0 aliphatic heterocycles. The number of aromatic amines is 1. The van der Waals surface area contributed by atoms with Crippen LogP contribution >= 0.6 is 28.1 Å². The van der Waals surface area contributed by atoms with Crippen molar-refractivity contribution in [1.29, 1.82) is 0 Å². The first-order valence-corrected chi connectivity index (χ1v) is 6.91. The fourth-order valence-electron chi connectivity index (χ4n) is 1.92. The van der Waals surface area contributed by atoms with Crippen LogP contribution in [0.3, 0.4) is 0 Å². The molecule has 0 fully saturated rings. The van der Waals surface area contributed by atoms with Crippen LogP contribution in [0.25, 0.3) is 11.0 Å². The molecule has 0 spiro atoms. The lowest BCUT2D eigenvalue weighted by molar-refractivity contribution is 0.387. The second-order valence-electron chi connectivity index (χ2n) is 4.52. The van der Waals surface area contributed by atoms with E-state index in [9.17, 15) is 4.39 Å². The summed E-state index contributed by atoms with van der Waals surface area (Å²) < 4.78 is 16.5. The third kappa shape index (κ3) is 2.81. The highest BCUT2D eigenvalue weighted by Crippen LogP contribution is 2.23. The van der Waals surface area contributed by atoms with Gasteiger partial charge in [-0.25, -0.2) is 4.39 Å². The van der Waals surface area contributed by atoms with Gasteiger partial charge in [0.15, 0.2) is 4.77 Å². The molecule has 98 valence electrons. The summed E-state index contributed by atoms with van der Waals surface area (Å²) in [7, 11) is 4.08. The van der Waals surface area contributed by atoms with E-state index in [-0.39, 0.29) is 5.82 Å². The number of nitrogens with zero attached hydrogens (tertiary/aromatic N) is 2. The fourth-order valence-corrected chi connectivity index (χ4v) is 2.55. The van der Waals surface area contributed by atoms with Gasteiger partial charge in [-0.3, -0.25) is 0 Å². The average Bonchev–Trinajstić information content (AvgIpc) is 2.56. The van der Waals surface area contributed by atoms with Crippen molar-refractivity contribution in [1.82, 2.24) is 14.5 Å². The number of fused-ring (bicyclic) bond motifs is 1. The summed E-state index contributed by atoms with van der Waals surface area (Å²) in [6.45, 7) is 1.83. The first kappa shape index (κ1) is 13.7. The Kier molecular flexibility index (Phi) is 4.19. The van der Waals surface area contributed by atoms with Crippen LogP contribution in [-0.2, 0) is 6.54 Å². The van der Waals surface area contributed by atoms with E-state index in [1.807, 2.05) is 18.7 Å². The minimum atomic E-state index is -0.279. The van der Waals surface area contributed by atoms with Crippen molar-refractivity contribution in [3.8, 4) is 0 Å². The van der Waals surface area contributed by atoms with E-state index in [1.165, 1.54) is 6.07 Å². The predicted octanol–water partition coefficient (Wildman–Crippen LogP) is 3.55. The van der Waals surface area contributed by atoms with Crippen LogP contribution in [0.1, 0.15) is 6.42 Å². The van der Waals surface area contributed by atoms with E-state index in [2.05, 4.69) is 25.8 Å². The molecule has 0 saturated heterocycles. The summed E-state index contributed by atoms with van der Waals surface area (Å²) >= 11 is 8.48. The van der Waals surface area contributed by atoms with Gasteiger partial charge in [-0.2, -0.15) is 0 Å². The van der Waals surface area contributed by atoms with Crippen molar-refractivity contribution in [3.63, 3.8) is 0 Å². The van der Waals surface area contributed by atoms with Crippen molar-refractivity contribution < 1.29 is 4.39 Å². The van der Waals surface area contributed by atoms with Crippen molar-refractivity contribution in [2.24, 2.45) is 0 Å². The highest BCUT2D eigenvalue weighted by molar-refractivity contribution is 9.10. The maximum atomic E-state index is 13.4. The zero-order valence-electron chi connectivity index (χ0n) is 10.3. The first-order chi connectivity index (χ1) is 8.49. The van der Waals surface area contributed by atoms with E-state index < -0.39 is 0 Å². The van der Waals surface area contributed by atoms with E-state index >= 15 is 0 Å². The minimum absolute atomic E-state index is 0.279. The smallest absolute Gasteiger partial charge is 0.178 e. The van der Waals surface area contributed by atoms with Crippen LogP contribution < -0.4 is 0 Å². The topological polar surface area (TPSA) is 24.0 Å². The summed E-state index contributed by atoms with van der Waals surface area (Å²) in [5.41, 5.74) is 1.68. The van der Waals surface area contributed by atoms with Crippen LogP contribution in [0.15, 0.2) is 16.6 Å². The Morgan fingerprint density at radius 3 is 2.83 bits per heavy atom. The molecule has 0 aliphatic rings. The molecular weight excluding hydrogens is 317 g/mol. The third-order valence-corrected chi connectivity index (χ3v) is 3.73. The average molecular weight is 332 g/mol. The summed E-state index contributed by atoms with van der Waals surface area (Å²) in [6.07, 6.45) is 1.00. The molecule has 0 bridgehead atoms. The number of aryl methyl sites for hydroxylation is 1. The molecule has 3 nitrogen and oxygen atoms in total. The lowest BCUT2D eigenvalue weighted by Crippen LogP contribution is -2.15. The van der Waals surface area contributed by atoms with E-state index in [0.717, 1.165) is 30.5 Å². The molecule has 1 aromatic heterocycles. The number of hydrogen-bond donors (Lipinski definition) is 1. The zero-order valence-corrected chi connectivity index (χ0v) is 12.7. The summed E-state index contributed by atoms with van der Waals surface area (Å²) in [5, 5.41) is 0. The minimum Gasteiger partial charge on any atom is -0.330 e. The lowest BCUT2D eigenvalue weighted by atomic mass is 10.3. The fraction of sp³-hybridized carbons (Fsp3) is 0.417. The van der Waals surface area contributed by atoms with Gasteiger partial charge in [0, 0.05) is 12.6 Å². The van der Waals surface area contributed by atoms with Gasteiger partial charge < -0.3 is 14.5 Å². The van der Waals surface area contributed by atoms with Gasteiger partial charge in [-0.1, -0.05) is 0 Å². The number of hydrogen-bond acceptors (Lipinski definition) is 2. The quantitative estimate of drug-likeness (QED) is 0.866. The normalized spacial score (nSPS) is 11.6. The molecular formula is C12H15BrFN3S. The van der Waals surface area contributed by atoms with Crippen molar-refractivity contribution >= 4 is 39.2 Å². The molecule has 2 aromatic rings. The van der Waals surface area contributed by atoms with Gasteiger partial charge >= 0.3 is 0 Å². The Bertz CT molecular complexity index is 618. The number of benzene rings is 1. The Morgan fingerprint density at radius 2 is 2.17 bits per heavy atom. The van der Waals surface area contributed by atoms with E-state index in [4.69, 9.17) is 12.2 Å². The molecule has 1 heterocycles. The summed E-state index contributed by atoms with van der Waals surface area (Å²) in [6, 6.07) is 3.24. The van der Waals surface area contributed by atoms with Crippen molar-refractivity contribution in [3.05, 3.63) is 27.2 Å². The predicted molar refractivity (Wildman–Crippen MR) is 78.0 cm³/mol. The molecule has 18 heavy (non-hydrogen) atoms. The van der Waals surface area contributed by atoms with Crippen molar-refractivity contribution in [2.75, 3.05) is 20.6 Å². The van der Waals surface area contributed by atoms with Gasteiger partial charge in [-0.15, -0.1) is 0 Å². The maximum absolute atomic E-state index is 13.4. The highest BCUT2D eigenvalue weighted by Gasteiger charge is 2.08. The Balaban J connectivity index is 2.35. The Labute approximate surface area is 119 Å². The number of H-pyrrole nitrogens is 1. The second-order valence-corrected chi connectivity index (χ2v) is 5.76. The number of nitrogens with one attached hydrogen (secondary N) is 1. The van der Waals surface area contributed by atoms with Gasteiger partial charge in [0.25, 0.3) is 0 Å². The third-order valence-electron chi connectivity index (χ3n) is 2.80. The van der Waals surface area contributed by atoms with Crippen LogP contribution in [0.5, 0.6) is 0 Å². The molecule has 1 aromatic carbocycles. The Morgan fingerprint density at radius 1 is 1.44 bits per heavy atom. The molecule has 0 radical (unpaired) electrons. The van der Waals surface area contributed by atoms with Crippen LogP contribution in [0.4, 0.5) is 4.39 Å². The van der Waals surface area contributed by atoms with Crippen LogP contribution in [0.2, 0.25) is 0 Å². The van der Waals surface area contributed by atoms with E-state index in [1.54, 1.807) is 6.07 Å². The number of halogens is 2. The molecule has 0 unspecified atom stereocenters. The van der Waals surface area contributed by atoms with Crippen LogP contribution in [-0.4, -0.2) is 35.1 Å². The van der Waals surface area contributed by atoms with Crippen molar-refractivity contribution in [2.45, 2.75) is 13.0 Å².